The Labute approximate surface area is 104 Å². The lowest BCUT2D eigenvalue weighted by Crippen LogP contribution is -2.04. The van der Waals surface area contributed by atoms with E-state index in [1.807, 2.05) is 44.2 Å². The quantitative estimate of drug-likeness (QED) is 0.782. The van der Waals surface area contributed by atoms with E-state index in [-0.39, 0.29) is 12.6 Å². The summed E-state index contributed by atoms with van der Waals surface area (Å²) in [6, 6.07) is 9.61. The van der Waals surface area contributed by atoms with Crippen LogP contribution in [0.2, 0.25) is 0 Å². The summed E-state index contributed by atoms with van der Waals surface area (Å²) in [5.41, 5.74) is 1.87. The molecule has 0 aliphatic rings. The van der Waals surface area contributed by atoms with Gasteiger partial charge in [-0.2, -0.15) is 0 Å². The Hall–Kier alpha value is -1.68. The third kappa shape index (κ3) is 2.91. The largest absolute Gasteiger partial charge is 0.455 e. The fourth-order valence-corrected chi connectivity index (χ4v) is 2.15. The predicted molar refractivity (Wildman–Crippen MR) is 67.1 cm³/mol. The average Bonchev–Trinajstić information content (AvgIpc) is 2.68. The molecule has 0 spiro atoms. The van der Waals surface area contributed by atoms with Crippen LogP contribution in [0.5, 0.6) is 0 Å². The van der Waals surface area contributed by atoms with Gasteiger partial charge in [0, 0.05) is 4.88 Å². The number of benzene rings is 1. The van der Waals surface area contributed by atoms with Gasteiger partial charge in [-0.1, -0.05) is 30.3 Å². The van der Waals surface area contributed by atoms with Gasteiger partial charge in [-0.15, -0.1) is 11.3 Å². The highest BCUT2D eigenvalue weighted by molar-refractivity contribution is 7.13. The molecule has 0 N–H and O–H groups in total. The monoisotopic (exact) mass is 247 g/mol. The number of aromatic nitrogens is 1. The molecule has 0 aliphatic carbocycles. The summed E-state index contributed by atoms with van der Waals surface area (Å²) in [5, 5.41) is 0.427. The van der Waals surface area contributed by atoms with Gasteiger partial charge in [0.2, 0.25) is 5.01 Å². The molecule has 1 heterocycles. The van der Waals surface area contributed by atoms with Gasteiger partial charge in [-0.3, -0.25) is 0 Å². The second kappa shape index (κ2) is 5.10. The van der Waals surface area contributed by atoms with Crippen molar-refractivity contribution >= 4 is 17.3 Å². The van der Waals surface area contributed by atoms with E-state index in [0.29, 0.717) is 5.01 Å². The van der Waals surface area contributed by atoms with Crippen molar-refractivity contribution in [3.05, 3.63) is 51.5 Å². The van der Waals surface area contributed by atoms with E-state index in [4.69, 9.17) is 4.74 Å². The minimum atomic E-state index is -0.352. The van der Waals surface area contributed by atoms with Crippen molar-refractivity contribution in [2.24, 2.45) is 0 Å². The van der Waals surface area contributed by atoms with Crippen LogP contribution in [0, 0.1) is 13.8 Å². The van der Waals surface area contributed by atoms with E-state index in [0.717, 1.165) is 16.1 Å². The lowest BCUT2D eigenvalue weighted by atomic mass is 10.2. The topological polar surface area (TPSA) is 39.2 Å². The van der Waals surface area contributed by atoms with Gasteiger partial charge >= 0.3 is 5.97 Å². The SMILES string of the molecule is Cc1nc(C(=O)OCc2ccccc2)sc1C. The first kappa shape index (κ1) is 11.8. The van der Waals surface area contributed by atoms with Gasteiger partial charge in [-0.05, 0) is 19.4 Å². The molecule has 0 atom stereocenters. The summed E-state index contributed by atoms with van der Waals surface area (Å²) in [5.74, 6) is -0.352. The summed E-state index contributed by atoms with van der Waals surface area (Å²) in [6.07, 6.45) is 0. The summed E-state index contributed by atoms with van der Waals surface area (Å²) in [7, 11) is 0. The number of carbonyl (C=O) groups is 1. The molecule has 2 aromatic rings. The van der Waals surface area contributed by atoms with Gasteiger partial charge in [0.1, 0.15) is 6.61 Å². The maximum atomic E-state index is 11.7. The number of nitrogens with zero attached hydrogens (tertiary/aromatic N) is 1. The maximum absolute atomic E-state index is 11.7. The number of thiazole rings is 1. The predicted octanol–water partition coefficient (Wildman–Crippen LogP) is 3.12. The van der Waals surface area contributed by atoms with Crippen LogP contribution in [0.25, 0.3) is 0 Å². The van der Waals surface area contributed by atoms with Crippen molar-refractivity contribution in [2.45, 2.75) is 20.5 Å². The Kier molecular flexibility index (Phi) is 3.54. The van der Waals surface area contributed by atoms with Crippen LogP contribution in [0.4, 0.5) is 0 Å². The normalized spacial score (nSPS) is 10.2. The fraction of sp³-hybridized carbons (Fsp3) is 0.231. The zero-order valence-electron chi connectivity index (χ0n) is 9.77. The molecule has 0 saturated heterocycles. The highest BCUT2D eigenvalue weighted by Crippen LogP contribution is 2.17. The standard InChI is InChI=1S/C13H13NO2S/c1-9-10(2)17-12(14-9)13(15)16-8-11-6-4-3-5-7-11/h3-7H,8H2,1-2H3. The van der Waals surface area contributed by atoms with Crippen molar-refractivity contribution < 1.29 is 9.53 Å². The molecule has 88 valence electrons. The summed E-state index contributed by atoms with van der Waals surface area (Å²) in [4.78, 5) is 16.9. The van der Waals surface area contributed by atoms with E-state index in [1.165, 1.54) is 11.3 Å². The molecule has 4 heteroatoms. The minimum Gasteiger partial charge on any atom is -0.455 e. The van der Waals surface area contributed by atoms with Crippen LogP contribution >= 0.6 is 11.3 Å². The smallest absolute Gasteiger partial charge is 0.367 e. The van der Waals surface area contributed by atoms with Crippen LogP contribution in [0.15, 0.2) is 30.3 Å². The molecular formula is C13H13NO2S. The van der Waals surface area contributed by atoms with E-state index >= 15 is 0 Å². The number of carbonyl (C=O) groups excluding carboxylic acids is 1. The first-order valence-corrected chi connectivity index (χ1v) is 6.13. The summed E-state index contributed by atoms with van der Waals surface area (Å²) >= 11 is 1.37. The molecule has 0 fully saturated rings. The van der Waals surface area contributed by atoms with Crippen molar-refractivity contribution in [2.75, 3.05) is 0 Å². The third-order valence-electron chi connectivity index (χ3n) is 2.42. The zero-order chi connectivity index (χ0) is 12.3. The van der Waals surface area contributed by atoms with E-state index in [2.05, 4.69) is 4.98 Å². The van der Waals surface area contributed by atoms with Gasteiger partial charge in [0.15, 0.2) is 0 Å². The summed E-state index contributed by atoms with van der Waals surface area (Å²) in [6.45, 7) is 4.12. The first-order chi connectivity index (χ1) is 8.16. The van der Waals surface area contributed by atoms with Crippen LogP contribution in [0.3, 0.4) is 0 Å². The van der Waals surface area contributed by atoms with Crippen molar-refractivity contribution in [1.29, 1.82) is 0 Å². The minimum absolute atomic E-state index is 0.289. The molecule has 2 rings (SSSR count). The molecule has 0 bridgehead atoms. The average molecular weight is 247 g/mol. The van der Waals surface area contributed by atoms with E-state index < -0.39 is 0 Å². The maximum Gasteiger partial charge on any atom is 0.367 e. The van der Waals surface area contributed by atoms with Gasteiger partial charge in [0.05, 0.1) is 5.69 Å². The Morgan fingerprint density at radius 3 is 2.59 bits per heavy atom. The van der Waals surface area contributed by atoms with E-state index in [9.17, 15) is 4.79 Å². The number of hydrogen-bond acceptors (Lipinski definition) is 4. The number of aryl methyl sites for hydroxylation is 2. The van der Waals surface area contributed by atoms with Crippen molar-refractivity contribution in [1.82, 2.24) is 4.98 Å². The summed E-state index contributed by atoms with van der Waals surface area (Å²) < 4.78 is 5.19. The first-order valence-electron chi connectivity index (χ1n) is 5.32. The number of ether oxygens (including phenoxy) is 1. The highest BCUT2D eigenvalue weighted by Gasteiger charge is 2.13. The molecule has 1 aromatic heterocycles. The Bertz CT molecular complexity index is 500. The molecule has 3 nitrogen and oxygen atoms in total. The van der Waals surface area contributed by atoms with Crippen molar-refractivity contribution in [3.63, 3.8) is 0 Å². The van der Waals surface area contributed by atoms with Crippen LogP contribution in [-0.2, 0) is 11.3 Å². The molecule has 1 aromatic carbocycles. The zero-order valence-corrected chi connectivity index (χ0v) is 10.6. The molecule has 0 unspecified atom stereocenters. The Balaban J connectivity index is 1.98. The molecule has 17 heavy (non-hydrogen) atoms. The highest BCUT2D eigenvalue weighted by atomic mass is 32.1. The van der Waals surface area contributed by atoms with Gasteiger partial charge in [0.25, 0.3) is 0 Å². The fourth-order valence-electron chi connectivity index (χ4n) is 1.34. The Morgan fingerprint density at radius 2 is 2.00 bits per heavy atom. The van der Waals surface area contributed by atoms with Crippen LogP contribution in [-0.4, -0.2) is 11.0 Å². The molecule has 0 aliphatic heterocycles. The lowest BCUT2D eigenvalue weighted by molar-refractivity contribution is 0.0472. The van der Waals surface area contributed by atoms with Crippen molar-refractivity contribution in [3.8, 4) is 0 Å². The molecule has 0 radical (unpaired) electrons. The van der Waals surface area contributed by atoms with Gasteiger partial charge < -0.3 is 4.74 Å². The number of hydrogen-bond donors (Lipinski definition) is 0. The van der Waals surface area contributed by atoms with E-state index in [1.54, 1.807) is 0 Å². The molecule has 0 amide bonds. The third-order valence-corrected chi connectivity index (χ3v) is 3.47. The number of rotatable bonds is 3. The van der Waals surface area contributed by atoms with Crippen LogP contribution < -0.4 is 0 Å². The Morgan fingerprint density at radius 1 is 1.29 bits per heavy atom. The second-order valence-electron chi connectivity index (χ2n) is 3.72. The van der Waals surface area contributed by atoms with Crippen LogP contribution in [0.1, 0.15) is 25.9 Å². The van der Waals surface area contributed by atoms with Gasteiger partial charge in [-0.25, -0.2) is 9.78 Å². The lowest BCUT2D eigenvalue weighted by Gasteiger charge is -2.02. The molecule has 0 saturated carbocycles. The second-order valence-corrected chi connectivity index (χ2v) is 4.93. The number of esters is 1. The molecular weight excluding hydrogens is 234 g/mol.